The molecule has 0 amide bonds. The molecule has 4 rings (SSSR count). The lowest BCUT2D eigenvalue weighted by atomic mass is 9.88. The van der Waals surface area contributed by atoms with Gasteiger partial charge in [-0.2, -0.15) is 5.11 Å². The molecule has 0 atom stereocenters. The van der Waals surface area contributed by atoms with Crippen molar-refractivity contribution in [1.82, 2.24) is 0 Å². The van der Waals surface area contributed by atoms with Crippen LogP contribution in [0.2, 0.25) is 5.02 Å². The molecule has 0 unspecified atom stereocenters. The van der Waals surface area contributed by atoms with Crippen LogP contribution < -0.4 is 5.32 Å². The molecule has 3 nitrogen and oxygen atoms in total. The van der Waals surface area contributed by atoms with Crippen LogP contribution in [0.15, 0.2) is 70.9 Å². The predicted molar refractivity (Wildman–Crippen MR) is 111 cm³/mol. The zero-order chi connectivity index (χ0) is 18.3. The maximum Gasteiger partial charge on any atom is 0.0942 e. The van der Waals surface area contributed by atoms with Gasteiger partial charge in [0.15, 0.2) is 0 Å². The Kier molecular flexibility index (Phi) is 4.04. The number of hydrogen-bond acceptors (Lipinski definition) is 3. The molecule has 1 aliphatic heterocycles. The summed E-state index contributed by atoms with van der Waals surface area (Å²) in [6.45, 7) is 6.51. The van der Waals surface area contributed by atoms with Crippen molar-refractivity contribution in [2.45, 2.75) is 26.3 Å². The van der Waals surface area contributed by atoms with Crippen LogP contribution in [0.25, 0.3) is 16.3 Å². The summed E-state index contributed by atoms with van der Waals surface area (Å²) in [7, 11) is 0. The lowest BCUT2D eigenvalue weighted by Gasteiger charge is -2.32. The normalized spacial score (nSPS) is 15.6. The van der Waals surface area contributed by atoms with Crippen LogP contribution in [0.3, 0.4) is 0 Å². The van der Waals surface area contributed by atoms with E-state index in [4.69, 9.17) is 11.6 Å². The van der Waals surface area contributed by atoms with Gasteiger partial charge in [-0.3, -0.25) is 0 Å². The second-order valence-corrected chi connectivity index (χ2v) is 7.65. The molecule has 1 heterocycles. The summed E-state index contributed by atoms with van der Waals surface area (Å²) in [4.78, 5) is 0. The Labute approximate surface area is 158 Å². The standard InChI is InChI=1S/C22H20ClN3/c1-14-13-22(2,3)24-21-18-7-5-4-6-17(18)20(12-19(14)21)26-25-16-10-8-15(23)9-11-16/h4-13,24H,1-3H3. The summed E-state index contributed by atoms with van der Waals surface area (Å²) >= 11 is 5.94. The zero-order valence-electron chi connectivity index (χ0n) is 15.0. The summed E-state index contributed by atoms with van der Waals surface area (Å²) in [6.07, 6.45) is 2.25. The van der Waals surface area contributed by atoms with Gasteiger partial charge in [0.2, 0.25) is 0 Å². The third-order valence-electron chi connectivity index (χ3n) is 4.57. The number of fused-ring (bicyclic) bond motifs is 3. The number of anilines is 1. The molecule has 130 valence electrons. The van der Waals surface area contributed by atoms with Crippen LogP contribution in [-0.2, 0) is 0 Å². The number of nitrogens with zero attached hydrogens (tertiary/aromatic N) is 2. The molecule has 0 saturated heterocycles. The molecule has 0 bridgehead atoms. The average Bonchev–Trinajstić information content (AvgIpc) is 2.61. The molecular weight excluding hydrogens is 342 g/mol. The Morgan fingerprint density at radius 1 is 0.923 bits per heavy atom. The fraction of sp³-hybridized carbons (Fsp3) is 0.182. The minimum Gasteiger partial charge on any atom is -0.376 e. The van der Waals surface area contributed by atoms with Gasteiger partial charge in [-0.05, 0) is 56.7 Å². The highest BCUT2D eigenvalue weighted by atomic mass is 35.5. The third-order valence-corrected chi connectivity index (χ3v) is 4.82. The van der Waals surface area contributed by atoms with Gasteiger partial charge < -0.3 is 5.32 Å². The molecule has 0 radical (unpaired) electrons. The number of halogens is 1. The molecular formula is C22H20ClN3. The molecule has 3 aromatic rings. The van der Waals surface area contributed by atoms with Gasteiger partial charge in [-0.1, -0.05) is 41.9 Å². The number of nitrogens with one attached hydrogen (secondary N) is 1. The highest BCUT2D eigenvalue weighted by Crippen LogP contribution is 2.43. The molecule has 1 N–H and O–H groups in total. The maximum absolute atomic E-state index is 5.94. The largest absolute Gasteiger partial charge is 0.376 e. The topological polar surface area (TPSA) is 36.8 Å². The summed E-state index contributed by atoms with van der Waals surface area (Å²) in [5.41, 5.74) is 5.15. The minimum absolute atomic E-state index is 0.0772. The van der Waals surface area contributed by atoms with Gasteiger partial charge in [-0.15, -0.1) is 5.11 Å². The molecule has 0 aromatic heterocycles. The van der Waals surface area contributed by atoms with Crippen molar-refractivity contribution in [1.29, 1.82) is 0 Å². The Balaban J connectivity index is 1.88. The first-order valence-electron chi connectivity index (χ1n) is 8.64. The number of benzene rings is 3. The van der Waals surface area contributed by atoms with E-state index in [1.165, 1.54) is 11.1 Å². The first-order valence-corrected chi connectivity index (χ1v) is 9.02. The van der Waals surface area contributed by atoms with Gasteiger partial charge in [-0.25, -0.2) is 0 Å². The highest BCUT2D eigenvalue weighted by Gasteiger charge is 2.25. The molecule has 0 spiro atoms. The molecule has 26 heavy (non-hydrogen) atoms. The molecule has 0 saturated carbocycles. The Bertz CT molecular complexity index is 1050. The summed E-state index contributed by atoms with van der Waals surface area (Å²) in [5.74, 6) is 0. The number of rotatable bonds is 2. The monoisotopic (exact) mass is 361 g/mol. The van der Waals surface area contributed by atoms with Crippen LogP contribution in [0.4, 0.5) is 17.1 Å². The van der Waals surface area contributed by atoms with Crippen molar-refractivity contribution in [3.63, 3.8) is 0 Å². The van der Waals surface area contributed by atoms with E-state index in [2.05, 4.69) is 66.7 Å². The van der Waals surface area contributed by atoms with E-state index in [-0.39, 0.29) is 5.54 Å². The second-order valence-electron chi connectivity index (χ2n) is 7.21. The minimum atomic E-state index is -0.0772. The molecule has 3 aromatic carbocycles. The first-order chi connectivity index (χ1) is 12.4. The molecule has 0 fully saturated rings. The smallest absolute Gasteiger partial charge is 0.0942 e. The Morgan fingerprint density at radius 3 is 2.35 bits per heavy atom. The van der Waals surface area contributed by atoms with Crippen LogP contribution in [0.5, 0.6) is 0 Å². The van der Waals surface area contributed by atoms with Crippen molar-refractivity contribution in [2.24, 2.45) is 10.2 Å². The van der Waals surface area contributed by atoms with Gasteiger partial charge in [0.05, 0.1) is 22.6 Å². The van der Waals surface area contributed by atoms with Gasteiger partial charge in [0.1, 0.15) is 0 Å². The quantitative estimate of drug-likeness (QED) is 0.471. The maximum atomic E-state index is 5.94. The summed E-state index contributed by atoms with van der Waals surface area (Å²) in [5, 5.41) is 15.5. The van der Waals surface area contributed by atoms with E-state index in [1.807, 2.05) is 30.3 Å². The summed E-state index contributed by atoms with van der Waals surface area (Å²) in [6, 6.07) is 17.8. The van der Waals surface area contributed by atoms with Crippen LogP contribution in [0.1, 0.15) is 26.3 Å². The second kappa shape index (κ2) is 6.26. The fourth-order valence-corrected chi connectivity index (χ4v) is 3.61. The van der Waals surface area contributed by atoms with E-state index >= 15 is 0 Å². The van der Waals surface area contributed by atoms with Crippen molar-refractivity contribution in [3.8, 4) is 0 Å². The average molecular weight is 362 g/mol. The SMILES string of the molecule is CC1=CC(C)(C)Nc2c1cc(N=Nc1ccc(Cl)cc1)c1ccccc21. The fourth-order valence-electron chi connectivity index (χ4n) is 3.48. The van der Waals surface area contributed by atoms with Crippen LogP contribution >= 0.6 is 11.6 Å². The molecule has 0 aliphatic carbocycles. The Morgan fingerprint density at radius 2 is 1.62 bits per heavy atom. The van der Waals surface area contributed by atoms with E-state index < -0.39 is 0 Å². The zero-order valence-corrected chi connectivity index (χ0v) is 15.8. The summed E-state index contributed by atoms with van der Waals surface area (Å²) < 4.78 is 0. The predicted octanol–water partition coefficient (Wildman–Crippen LogP) is 7.52. The van der Waals surface area contributed by atoms with Crippen LogP contribution in [-0.4, -0.2) is 5.54 Å². The molecule has 4 heteroatoms. The van der Waals surface area contributed by atoms with Crippen molar-refractivity contribution in [2.75, 3.05) is 5.32 Å². The number of hydrogen-bond donors (Lipinski definition) is 1. The van der Waals surface area contributed by atoms with Gasteiger partial charge in [0, 0.05) is 21.4 Å². The van der Waals surface area contributed by atoms with E-state index in [0.29, 0.717) is 5.02 Å². The van der Waals surface area contributed by atoms with Crippen molar-refractivity contribution >= 4 is 45.0 Å². The number of allylic oxidation sites excluding steroid dienone is 1. The van der Waals surface area contributed by atoms with Crippen molar-refractivity contribution in [3.05, 3.63) is 71.3 Å². The highest BCUT2D eigenvalue weighted by molar-refractivity contribution is 6.30. The van der Waals surface area contributed by atoms with E-state index in [1.54, 1.807) is 0 Å². The lowest BCUT2D eigenvalue weighted by Crippen LogP contribution is -2.31. The van der Waals surface area contributed by atoms with Crippen LogP contribution in [0, 0.1) is 0 Å². The van der Waals surface area contributed by atoms with E-state index in [9.17, 15) is 0 Å². The number of azo groups is 1. The van der Waals surface area contributed by atoms with Crippen molar-refractivity contribution < 1.29 is 0 Å². The van der Waals surface area contributed by atoms with Gasteiger partial charge >= 0.3 is 0 Å². The van der Waals surface area contributed by atoms with Gasteiger partial charge in [0.25, 0.3) is 0 Å². The third kappa shape index (κ3) is 3.11. The Hall–Kier alpha value is -2.65. The molecule has 1 aliphatic rings. The first kappa shape index (κ1) is 16.8. The van der Waals surface area contributed by atoms with E-state index in [0.717, 1.165) is 27.8 Å². The lowest BCUT2D eigenvalue weighted by molar-refractivity contribution is 0.709.